The number of rotatable bonds is 5. The van der Waals surface area contributed by atoms with Gasteiger partial charge in [-0.1, -0.05) is 6.42 Å². The number of aromatic nitrogens is 2. The first-order chi connectivity index (χ1) is 9.50. The molecule has 0 radical (unpaired) electrons. The molecule has 1 atom stereocenters. The lowest BCUT2D eigenvalue weighted by molar-refractivity contribution is 0.192. The van der Waals surface area contributed by atoms with Crippen LogP contribution in [0, 0.1) is 0 Å². The summed E-state index contributed by atoms with van der Waals surface area (Å²) in [4.78, 5) is 0.0733. The summed E-state index contributed by atoms with van der Waals surface area (Å²) >= 11 is 0. The first-order valence-corrected chi connectivity index (χ1v) is 8.40. The second kappa shape index (κ2) is 6.11. The van der Waals surface area contributed by atoms with Crippen LogP contribution >= 0.6 is 0 Å². The van der Waals surface area contributed by atoms with E-state index in [1.54, 1.807) is 0 Å². The number of hydrogen-bond acceptors (Lipinski definition) is 5. The third-order valence-corrected chi connectivity index (χ3v) is 5.67. The summed E-state index contributed by atoms with van der Waals surface area (Å²) in [5, 5.41) is 13.1. The minimum atomic E-state index is -3.64. The molecule has 0 amide bonds. The number of nitrogen functional groups attached to an aromatic ring is 1. The Balaban J connectivity index is 2.34. The van der Waals surface area contributed by atoms with Gasteiger partial charge in [0, 0.05) is 31.9 Å². The first-order valence-electron chi connectivity index (χ1n) is 6.96. The van der Waals surface area contributed by atoms with E-state index in [1.807, 2.05) is 6.92 Å². The Bertz CT molecular complexity index is 553. The van der Waals surface area contributed by atoms with E-state index in [4.69, 9.17) is 10.8 Å². The third kappa shape index (κ3) is 2.82. The van der Waals surface area contributed by atoms with E-state index in [-0.39, 0.29) is 23.4 Å². The zero-order chi connectivity index (χ0) is 14.8. The van der Waals surface area contributed by atoms with Crippen LogP contribution < -0.4 is 5.73 Å². The van der Waals surface area contributed by atoms with Crippen molar-refractivity contribution in [3.8, 4) is 0 Å². The third-order valence-electron chi connectivity index (χ3n) is 3.70. The Hall–Kier alpha value is -1.12. The number of nitrogens with two attached hydrogens (primary N) is 1. The van der Waals surface area contributed by atoms with Crippen molar-refractivity contribution in [2.24, 2.45) is 0 Å². The lowest BCUT2D eigenvalue weighted by atomic mass is 10.0. The smallest absolute Gasteiger partial charge is 0.248 e. The maximum atomic E-state index is 12.7. The molecule has 2 heterocycles. The number of nitrogens with zero attached hydrogens (tertiary/aromatic N) is 3. The topological polar surface area (TPSA) is 101 Å². The van der Waals surface area contributed by atoms with Crippen molar-refractivity contribution in [3.05, 3.63) is 6.20 Å². The summed E-state index contributed by atoms with van der Waals surface area (Å²) in [5.74, 6) is 0.0418. The van der Waals surface area contributed by atoms with Crippen molar-refractivity contribution < 1.29 is 13.5 Å². The van der Waals surface area contributed by atoms with Crippen molar-refractivity contribution >= 4 is 15.8 Å². The van der Waals surface area contributed by atoms with Gasteiger partial charge < -0.3 is 10.8 Å². The SMILES string of the molecule is CCn1cc(S(=O)(=O)N2CCCCC2CCO)c(N)n1. The van der Waals surface area contributed by atoms with Crippen molar-refractivity contribution in [1.29, 1.82) is 0 Å². The summed E-state index contributed by atoms with van der Waals surface area (Å²) in [7, 11) is -3.64. The number of hydrogen-bond donors (Lipinski definition) is 2. The Kier molecular flexibility index (Phi) is 4.66. The highest BCUT2D eigenvalue weighted by molar-refractivity contribution is 7.89. The quantitative estimate of drug-likeness (QED) is 0.820. The van der Waals surface area contributed by atoms with Crippen molar-refractivity contribution in [2.75, 3.05) is 18.9 Å². The molecule has 0 spiro atoms. The molecule has 0 saturated carbocycles. The number of sulfonamides is 1. The molecule has 1 aromatic rings. The normalized spacial score (nSPS) is 21.2. The average Bonchev–Trinajstić information content (AvgIpc) is 2.82. The molecular formula is C12H22N4O3S. The summed E-state index contributed by atoms with van der Waals surface area (Å²) in [6.07, 6.45) is 4.54. The van der Waals surface area contributed by atoms with Gasteiger partial charge in [0.05, 0.1) is 0 Å². The monoisotopic (exact) mass is 302 g/mol. The van der Waals surface area contributed by atoms with Gasteiger partial charge in [-0.3, -0.25) is 4.68 Å². The Labute approximate surface area is 119 Å². The maximum Gasteiger partial charge on any atom is 0.248 e. The molecule has 7 nitrogen and oxygen atoms in total. The Morgan fingerprint density at radius 2 is 2.25 bits per heavy atom. The van der Waals surface area contributed by atoms with E-state index in [0.29, 0.717) is 19.5 Å². The standard InChI is InChI=1S/C12H22N4O3S/c1-2-15-9-11(12(13)14-15)20(18,19)16-7-4-3-5-10(16)6-8-17/h9-10,17H,2-8H2,1H3,(H2,13,14). The van der Waals surface area contributed by atoms with E-state index in [2.05, 4.69) is 5.10 Å². The Morgan fingerprint density at radius 1 is 1.50 bits per heavy atom. The second-order valence-corrected chi connectivity index (χ2v) is 6.87. The zero-order valence-corrected chi connectivity index (χ0v) is 12.5. The van der Waals surface area contributed by atoms with Gasteiger partial charge in [-0.2, -0.15) is 9.40 Å². The van der Waals surface area contributed by atoms with Crippen LogP contribution in [0.2, 0.25) is 0 Å². The number of aryl methyl sites for hydroxylation is 1. The minimum Gasteiger partial charge on any atom is -0.396 e. The molecule has 3 N–H and O–H groups in total. The Morgan fingerprint density at radius 3 is 2.85 bits per heavy atom. The van der Waals surface area contributed by atoms with Crippen molar-refractivity contribution in [2.45, 2.75) is 50.1 Å². The minimum absolute atomic E-state index is 0.0135. The van der Waals surface area contributed by atoms with Crippen molar-refractivity contribution in [1.82, 2.24) is 14.1 Å². The molecule has 0 aliphatic carbocycles. The molecule has 1 aliphatic rings. The summed E-state index contributed by atoms with van der Waals surface area (Å²) in [6.45, 7) is 2.90. The molecule has 114 valence electrons. The summed E-state index contributed by atoms with van der Waals surface area (Å²) < 4.78 is 28.5. The fourth-order valence-electron chi connectivity index (χ4n) is 2.63. The number of anilines is 1. The van der Waals surface area contributed by atoms with E-state index in [0.717, 1.165) is 19.3 Å². The predicted octanol–water partition coefficient (Wildman–Crippen LogP) is 0.411. The fourth-order valence-corrected chi connectivity index (χ4v) is 4.42. The summed E-state index contributed by atoms with van der Waals surface area (Å²) in [5.41, 5.74) is 5.74. The van der Waals surface area contributed by atoms with Gasteiger partial charge in [-0.25, -0.2) is 8.42 Å². The van der Waals surface area contributed by atoms with Crippen LogP contribution in [-0.2, 0) is 16.6 Å². The van der Waals surface area contributed by atoms with E-state index < -0.39 is 10.0 Å². The molecule has 1 aliphatic heterocycles. The highest BCUT2D eigenvalue weighted by Crippen LogP contribution is 2.29. The highest BCUT2D eigenvalue weighted by atomic mass is 32.2. The van der Waals surface area contributed by atoms with Crippen LogP contribution in [0.5, 0.6) is 0 Å². The molecule has 0 bridgehead atoms. The number of aliphatic hydroxyl groups is 1. The lowest BCUT2D eigenvalue weighted by Crippen LogP contribution is -2.44. The molecule has 8 heteroatoms. The number of aliphatic hydroxyl groups excluding tert-OH is 1. The van der Waals surface area contributed by atoms with Crippen LogP contribution in [0.1, 0.15) is 32.6 Å². The van der Waals surface area contributed by atoms with Gasteiger partial charge >= 0.3 is 0 Å². The molecular weight excluding hydrogens is 280 g/mol. The van der Waals surface area contributed by atoms with Crippen LogP contribution in [0.15, 0.2) is 11.1 Å². The van der Waals surface area contributed by atoms with E-state index >= 15 is 0 Å². The van der Waals surface area contributed by atoms with Gasteiger partial charge in [-0.15, -0.1) is 0 Å². The van der Waals surface area contributed by atoms with Crippen LogP contribution in [-0.4, -0.2) is 46.8 Å². The molecule has 0 aromatic carbocycles. The van der Waals surface area contributed by atoms with Gasteiger partial charge in [0.1, 0.15) is 4.90 Å². The van der Waals surface area contributed by atoms with Crippen molar-refractivity contribution in [3.63, 3.8) is 0 Å². The fraction of sp³-hybridized carbons (Fsp3) is 0.750. The van der Waals surface area contributed by atoms with Crippen LogP contribution in [0.4, 0.5) is 5.82 Å². The van der Waals surface area contributed by atoms with Gasteiger partial charge in [0.2, 0.25) is 10.0 Å². The number of piperidine rings is 1. The molecule has 2 rings (SSSR count). The van der Waals surface area contributed by atoms with Gasteiger partial charge in [-0.05, 0) is 26.2 Å². The lowest BCUT2D eigenvalue weighted by Gasteiger charge is -2.34. The predicted molar refractivity (Wildman–Crippen MR) is 75.5 cm³/mol. The van der Waals surface area contributed by atoms with E-state index in [9.17, 15) is 8.42 Å². The zero-order valence-electron chi connectivity index (χ0n) is 11.7. The van der Waals surface area contributed by atoms with E-state index in [1.165, 1.54) is 15.2 Å². The average molecular weight is 302 g/mol. The molecule has 1 saturated heterocycles. The highest BCUT2D eigenvalue weighted by Gasteiger charge is 2.35. The first kappa shape index (κ1) is 15.3. The largest absolute Gasteiger partial charge is 0.396 e. The molecule has 20 heavy (non-hydrogen) atoms. The molecule has 1 fully saturated rings. The second-order valence-electron chi connectivity index (χ2n) is 5.01. The maximum absolute atomic E-state index is 12.7. The van der Waals surface area contributed by atoms with Crippen LogP contribution in [0.3, 0.4) is 0 Å². The van der Waals surface area contributed by atoms with Crippen LogP contribution in [0.25, 0.3) is 0 Å². The van der Waals surface area contributed by atoms with Gasteiger partial charge in [0.15, 0.2) is 5.82 Å². The van der Waals surface area contributed by atoms with Gasteiger partial charge in [0.25, 0.3) is 0 Å². The molecule has 1 unspecified atom stereocenters. The molecule has 1 aromatic heterocycles. The summed E-state index contributed by atoms with van der Waals surface area (Å²) in [6, 6.07) is -0.150.